The van der Waals surface area contributed by atoms with E-state index in [0.717, 1.165) is 18.5 Å². The Balaban J connectivity index is 1.90. The van der Waals surface area contributed by atoms with Gasteiger partial charge in [0.2, 0.25) is 0 Å². The number of hydrogen-bond donors (Lipinski definition) is 1. The van der Waals surface area contributed by atoms with Gasteiger partial charge in [-0.1, -0.05) is 6.42 Å². The third-order valence-corrected chi connectivity index (χ3v) is 3.51. The molecule has 70 valence electrons. The summed E-state index contributed by atoms with van der Waals surface area (Å²) in [6, 6.07) is 0.890. The van der Waals surface area contributed by atoms with Crippen molar-refractivity contribution in [2.75, 3.05) is 19.6 Å². The van der Waals surface area contributed by atoms with Gasteiger partial charge in [-0.15, -0.1) is 0 Å². The van der Waals surface area contributed by atoms with Crippen LogP contribution < -0.4 is 5.73 Å². The average Bonchev–Trinajstić information content (AvgIpc) is 2.17. The number of piperidine rings is 2. The van der Waals surface area contributed by atoms with Crippen molar-refractivity contribution < 1.29 is 0 Å². The molecular weight excluding hydrogens is 148 g/mol. The van der Waals surface area contributed by atoms with E-state index in [1.54, 1.807) is 0 Å². The molecule has 2 heteroatoms. The molecule has 2 aliphatic heterocycles. The average molecular weight is 168 g/mol. The fraction of sp³-hybridized carbons (Fsp3) is 1.00. The summed E-state index contributed by atoms with van der Waals surface area (Å²) in [4.78, 5) is 2.68. The summed E-state index contributed by atoms with van der Waals surface area (Å²) in [5.41, 5.74) is 5.71. The lowest BCUT2D eigenvalue weighted by Crippen LogP contribution is -2.46. The van der Waals surface area contributed by atoms with Gasteiger partial charge >= 0.3 is 0 Å². The Morgan fingerprint density at radius 1 is 1.17 bits per heavy atom. The van der Waals surface area contributed by atoms with Crippen molar-refractivity contribution in [3.05, 3.63) is 0 Å². The number of rotatable bonds is 1. The minimum atomic E-state index is 0.823. The highest BCUT2D eigenvalue weighted by molar-refractivity contribution is 4.84. The molecular formula is C10H20N2. The summed E-state index contributed by atoms with van der Waals surface area (Å²) in [5.74, 6) is 0.823. The van der Waals surface area contributed by atoms with Gasteiger partial charge < -0.3 is 10.6 Å². The van der Waals surface area contributed by atoms with Crippen LogP contribution in [0.2, 0.25) is 0 Å². The van der Waals surface area contributed by atoms with E-state index in [2.05, 4.69) is 4.90 Å². The van der Waals surface area contributed by atoms with Crippen LogP contribution in [0.1, 0.15) is 32.1 Å². The molecule has 0 aromatic rings. The number of fused-ring (bicyclic) bond motifs is 1. The van der Waals surface area contributed by atoms with Crippen LogP contribution in [-0.2, 0) is 0 Å². The Kier molecular flexibility index (Phi) is 2.66. The van der Waals surface area contributed by atoms with E-state index in [9.17, 15) is 0 Å². The quantitative estimate of drug-likeness (QED) is 0.637. The zero-order valence-corrected chi connectivity index (χ0v) is 7.84. The van der Waals surface area contributed by atoms with E-state index < -0.39 is 0 Å². The van der Waals surface area contributed by atoms with Crippen LogP contribution in [0.5, 0.6) is 0 Å². The predicted octanol–water partition coefficient (Wildman–Crippen LogP) is 1.21. The molecule has 2 fully saturated rings. The molecule has 0 aromatic carbocycles. The summed E-state index contributed by atoms with van der Waals surface area (Å²) in [6.07, 6.45) is 7.00. The van der Waals surface area contributed by atoms with Crippen molar-refractivity contribution in [2.45, 2.75) is 38.1 Å². The molecule has 2 nitrogen and oxygen atoms in total. The Morgan fingerprint density at radius 3 is 2.92 bits per heavy atom. The summed E-state index contributed by atoms with van der Waals surface area (Å²) in [7, 11) is 0. The molecule has 2 heterocycles. The molecule has 2 N–H and O–H groups in total. The first kappa shape index (κ1) is 8.52. The second-order valence-corrected chi connectivity index (χ2v) is 4.31. The smallest absolute Gasteiger partial charge is 0.00983 e. The molecule has 2 unspecified atom stereocenters. The molecule has 0 aromatic heterocycles. The molecule has 0 saturated carbocycles. The lowest BCUT2D eigenvalue weighted by molar-refractivity contribution is 0.0811. The molecule has 0 bridgehead atoms. The highest BCUT2D eigenvalue weighted by Gasteiger charge is 2.28. The standard InChI is InChI=1S/C10H20N2/c11-8-9-4-6-12-5-2-1-3-10(12)7-9/h9-10H,1-8,11H2. The van der Waals surface area contributed by atoms with Crippen LogP contribution in [0.15, 0.2) is 0 Å². The van der Waals surface area contributed by atoms with Gasteiger partial charge in [0.05, 0.1) is 0 Å². The van der Waals surface area contributed by atoms with Crippen molar-refractivity contribution in [3.63, 3.8) is 0 Å². The Bertz CT molecular complexity index is 147. The zero-order chi connectivity index (χ0) is 8.39. The van der Waals surface area contributed by atoms with Gasteiger partial charge in [-0.25, -0.2) is 0 Å². The second kappa shape index (κ2) is 3.75. The van der Waals surface area contributed by atoms with Crippen molar-refractivity contribution in [1.82, 2.24) is 4.90 Å². The van der Waals surface area contributed by atoms with Crippen LogP contribution in [0, 0.1) is 5.92 Å². The van der Waals surface area contributed by atoms with Crippen molar-refractivity contribution in [1.29, 1.82) is 0 Å². The van der Waals surface area contributed by atoms with E-state index in [-0.39, 0.29) is 0 Å². The maximum atomic E-state index is 5.71. The van der Waals surface area contributed by atoms with Crippen LogP contribution in [0.4, 0.5) is 0 Å². The number of hydrogen-bond acceptors (Lipinski definition) is 2. The van der Waals surface area contributed by atoms with Crippen LogP contribution in [-0.4, -0.2) is 30.6 Å². The maximum absolute atomic E-state index is 5.71. The highest BCUT2D eigenvalue weighted by atomic mass is 15.2. The lowest BCUT2D eigenvalue weighted by atomic mass is 9.86. The van der Waals surface area contributed by atoms with E-state index in [1.807, 2.05) is 0 Å². The van der Waals surface area contributed by atoms with Gasteiger partial charge in [-0.05, 0) is 51.2 Å². The zero-order valence-electron chi connectivity index (χ0n) is 7.84. The molecule has 0 spiro atoms. The first-order valence-corrected chi connectivity index (χ1v) is 5.34. The fourth-order valence-corrected chi connectivity index (χ4v) is 2.69. The lowest BCUT2D eigenvalue weighted by Gasteiger charge is -2.42. The van der Waals surface area contributed by atoms with Crippen molar-refractivity contribution in [2.24, 2.45) is 11.7 Å². The van der Waals surface area contributed by atoms with Gasteiger partial charge in [-0.3, -0.25) is 0 Å². The van der Waals surface area contributed by atoms with E-state index in [0.29, 0.717) is 0 Å². The van der Waals surface area contributed by atoms with Gasteiger partial charge in [0.1, 0.15) is 0 Å². The molecule has 2 saturated heterocycles. The maximum Gasteiger partial charge on any atom is 0.00983 e. The van der Waals surface area contributed by atoms with E-state index >= 15 is 0 Å². The van der Waals surface area contributed by atoms with Crippen LogP contribution in [0.25, 0.3) is 0 Å². The Hall–Kier alpha value is -0.0800. The Morgan fingerprint density at radius 2 is 2.08 bits per heavy atom. The third-order valence-electron chi connectivity index (χ3n) is 3.51. The molecule has 12 heavy (non-hydrogen) atoms. The number of nitrogens with zero attached hydrogens (tertiary/aromatic N) is 1. The van der Waals surface area contributed by atoms with Gasteiger partial charge in [-0.2, -0.15) is 0 Å². The molecule has 0 amide bonds. The first-order chi connectivity index (χ1) is 5.90. The summed E-state index contributed by atoms with van der Waals surface area (Å²) >= 11 is 0. The highest BCUT2D eigenvalue weighted by Crippen LogP contribution is 2.28. The summed E-state index contributed by atoms with van der Waals surface area (Å²) < 4.78 is 0. The van der Waals surface area contributed by atoms with Crippen LogP contribution >= 0.6 is 0 Å². The minimum absolute atomic E-state index is 0.823. The largest absolute Gasteiger partial charge is 0.330 e. The SMILES string of the molecule is NCC1CCN2CCCCC2C1. The van der Waals surface area contributed by atoms with Crippen molar-refractivity contribution in [3.8, 4) is 0 Å². The van der Waals surface area contributed by atoms with E-state index in [4.69, 9.17) is 5.73 Å². The predicted molar refractivity (Wildman–Crippen MR) is 51.0 cm³/mol. The second-order valence-electron chi connectivity index (χ2n) is 4.31. The van der Waals surface area contributed by atoms with Gasteiger partial charge in [0, 0.05) is 6.04 Å². The summed E-state index contributed by atoms with van der Waals surface area (Å²) in [5, 5.41) is 0. The van der Waals surface area contributed by atoms with Gasteiger partial charge in [0.25, 0.3) is 0 Å². The first-order valence-electron chi connectivity index (χ1n) is 5.34. The third kappa shape index (κ3) is 1.64. The normalized spacial score (nSPS) is 37.8. The molecule has 2 aliphatic rings. The topological polar surface area (TPSA) is 29.3 Å². The number of nitrogens with two attached hydrogens (primary N) is 1. The molecule has 2 atom stereocenters. The minimum Gasteiger partial charge on any atom is -0.330 e. The van der Waals surface area contributed by atoms with E-state index in [1.165, 1.54) is 45.2 Å². The monoisotopic (exact) mass is 168 g/mol. The Labute approximate surface area is 75.1 Å². The van der Waals surface area contributed by atoms with Crippen LogP contribution in [0.3, 0.4) is 0 Å². The van der Waals surface area contributed by atoms with Gasteiger partial charge in [0.15, 0.2) is 0 Å². The summed E-state index contributed by atoms with van der Waals surface area (Å²) in [6.45, 7) is 3.57. The molecule has 2 rings (SSSR count). The van der Waals surface area contributed by atoms with Crippen molar-refractivity contribution >= 4 is 0 Å². The fourth-order valence-electron chi connectivity index (χ4n) is 2.69. The molecule has 0 aliphatic carbocycles. The molecule has 0 radical (unpaired) electrons.